The van der Waals surface area contributed by atoms with E-state index >= 15 is 0 Å². The second-order valence-corrected chi connectivity index (χ2v) is 6.14. The number of rotatable bonds is 4. The number of benzene rings is 1. The summed E-state index contributed by atoms with van der Waals surface area (Å²) in [5.74, 6) is 7.52. The lowest BCUT2D eigenvalue weighted by Gasteiger charge is -2.34. The van der Waals surface area contributed by atoms with Gasteiger partial charge >= 0.3 is 0 Å². The lowest BCUT2D eigenvalue weighted by atomic mass is 9.75. The number of hydrogen-bond acceptors (Lipinski definition) is 2. The Bertz CT molecular complexity index is 385. The van der Waals surface area contributed by atoms with Crippen molar-refractivity contribution in [3.05, 3.63) is 34.9 Å². The van der Waals surface area contributed by atoms with E-state index in [1.807, 2.05) is 0 Å². The molecule has 0 spiro atoms. The molecule has 0 aromatic heterocycles. The van der Waals surface area contributed by atoms with Crippen LogP contribution < -0.4 is 11.3 Å². The summed E-state index contributed by atoms with van der Waals surface area (Å²) in [4.78, 5) is 0. The number of hydrogen-bond donors (Lipinski definition) is 2. The second-order valence-electron chi connectivity index (χ2n) is 6.14. The Kier molecular flexibility index (Phi) is 5.00. The minimum Gasteiger partial charge on any atom is -0.271 e. The number of nitrogens with two attached hydrogens (primary N) is 1. The van der Waals surface area contributed by atoms with Gasteiger partial charge in [0.15, 0.2) is 0 Å². The molecule has 0 amide bonds. The predicted octanol–water partition coefficient (Wildman–Crippen LogP) is 4.02. The van der Waals surface area contributed by atoms with Crippen LogP contribution in [0.4, 0.5) is 0 Å². The largest absolute Gasteiger partial charge is 0.271 e. The van der Waals surface area contributed by atoms with E-state index in [1.165, 1.54) is 48.8 Å². The molecule has 1 aliphatic carbocycles. The van der Waals surface area contributed by atoms with Crippen molar-refractivity contribution in [2.75, 3.05) is 0 Å². The Balaban J connectivity index is 2.17. The number of aryl methyl sites for hydroxylation is 2. The van der Waals surface area contributed by atoms with Gasteiger partial charge < -0.3 is 0 Å². The molecule has 0 bridgehead atoms. The summed E-state index contributed by atoms with van der Waals surface area (Å²) in [6.45, 7) is 6.71. The SMILES string of the molecule is CCC1CCC(C(NN)c2c(C)cccc2C)CC1. The van der Waals surface area contributed by atoms with Crippen LogP contribution in [0, 0.1) is 25.7 Å². The quantitative estimate of drug-likeness (QED) is 0.634. The third-order valence-corrected chi connectivity index (χ3v) is 4.97. The highest BCUT2D eigenvalue weighted by Crippen LogP contribution is 2.39. The standard InChI is InChI=1S/C17H28N2/c1-4-14-8-10-15(11-9-14)17(19-18)16-12(2)6-5-7-13(16)3/h5-7,14-15,17,19H,4,8-11,18H2,1-3H3. The molecule has 1 fully saturated rings. The minimum atomic E-state index is 0.319. The molecule has 0 radical (unpaired) electrons. The van der Waals surface area contributed by atoms with Crippen LogP contribution in [0.1, 0.15) is 61.8 Å². The topological polar surface area (TPSA) is 38.0 Å². The molecule has 1 atom stereocenters. The highest BCUT2D eigenvalue weighted by Gasteiger charge is 2.28. The van der Waals surface area contributed by atoms with Crippen LogP contribution in [0.5, 0.6) is 0 Å². The molecule has 19 heavy (non-hydrogen) atoms. The van der Waals surface area contributed by atoms with Gasteiger partial charge in [-0.3, -0.25) is 11.3 Å². The van der Waals surface area contributed by atoms with E-state index in [0.29, 0.717) is 12.0 Å². The fraction of sp³-hybridized carbons (Fsp3) is 0.647. The Morgan fingerprint density at radius 3 is 2.21 bits per heavy atom. The fourth-order valence-electron chi connectivity index (χ4n) is 3.70. The molecule has 1 aromatic rings. The van der Waals surface area contributed by atoms with Crippen LogP contribution in [0.15, 0.2) is 18.2 Å². The van der Waals surface area contributed by atoms with Crippen LogP contribution in [-0.4, -0.2) is 0 Å². The van der Waals surface area contributed by atoms with Crippen LogP contribution in [-0.2, 0) is 0 Å². The molecule has 2 heteroatoms. The Labute approximate surface area is 117 Å². The first-order valence-corrected chi connectivity index (χ1v) is 7.69. The van der Waals surface area contributed by atoms with Crippen molar-refractivity contribution >= 4 is 0 Å². The number of nitrogens with one attached hydrogen (secondary N) is 1. The fourth-order valence-corrected chi connectivity index (χ4v) is 3.70. The summed E-state index contributed by atoms with van der Waals surface area (Å²) in [6.07, 6.45) is 6.67. The van der Waals surface area contributed by atoms with Crippen molar-refractivity contribution in [3.63, 3.8) is 0 Å². The Morgan fingerprint density at radius 2 is 1.74 bits per heavy atom. The van der Waals surface area contributed by atoms with Gasteiger partial charge in [0, 0.05) is 6.04 Å². The van der Waals surface area contributed by atoms with Crippen LogP contribution in [0.3, 0.4) is 0 Å². The lowest BCUT2D eigenvalue weighted by Crippen LogP contribution is -2.36. The van der Waals surface area contributed by atoms with E-state index in [2.05, 4.69) is 44.4 Å². The van der Waals surface area contributed by atoms with Crippen molar-refractivity contribution in [2.24, 2.45) is 17.7 Å². The van der Waals surface area contributed by atoms with Gasteiger partial charge in [0.05, 0.1) is 0 Å². The molecule has 3 N–H and O–H groups in total. The molecule has 106 valence electrons. The van der Waals surface area contributed by atoms with E-state index in [1.54, 1.807) is 0 Å². The van der Waals surface area contributed by atoms with Gasteiger partial charge in [0.25, 0.3) is 0 Å². The summed E-state index contributed by atoms with van der Waals surface area (Å²) >= 11 is 0. The molecule has 1 aliphatic rings. The average Bonchev–Trinajstić information content (AvgIpc) is 2.43. The van der Waals surface area contributed by atoms with Crippen LogP contribution >= 0.6 is 0 Å². The normalized spacial score (nSPS) is 25.3. The molecule has 0 heterocycles. The summed E-state index contributed by atoms with van der Waals surface area (Å²) in [6, 6.07) is 6.85. The van der Waals surface area contributed by atoms with E-state index in [-0.39, 0.29) is 0 Å². The maximum Gasteiger partial charge on any atom is 0.0493 e. The van der Waals surface area contributed by atoms with Gasteiger partial charge in [0.2, 0.25) is 0 Å². The summed E-state index contributed by atoms with van der Waals surface area (Å²) in [5, 5.41) is 0. The van der Waals surface area contributed by atoms with Crippen LogP contribution in [0.2, 0.25) is 0 Å². The molecule has 1 unspecified atom stereocenters. The molecule has 1 aromatic carbocycles. The monoisotopic (exact) mass is 260 g/mol. The first-order valence-electron chi connectivity index (χ1n) is 7.69. The predicted molar refractivity (Wildman–Crippen MR) is 81.7 cm³/mol. The number of hydrazine groups is 1. The third kappa shape index (κ3) is 3.18. The summed E-state index contributed by atoms with van der Waals surface area (Å²) in [5.41, 5.74) is 7.25. The second kappa shape index (κ2) is 6.53. The summed E-state index contributed by atoms with van der Waals surface area (Å²) < 4.78 is 0. The van der Waals surface area contributed by atoms with E-state index in [9.17, 15) is 0 Å². The molecular weight excluding hydrogens is 232 g/mol. The third-order valence-electron chi connectivity index (χ3n) is 4.97. The highest BCUT2D eigenvalue weighted by molar-refractivity contribution is 5.36. The maximum atomic E-state index is 5.89. The van der Waals surface area contributed by atoms with Gasteiger partial charge in [-0.15, -0.1) is 0 Å². The molecule has 0 saturated heterocycles. The molecular formula is C17H28N2. The molecule has 2 nitrogen and oxygen atoms in total. The lowest BCUT2D eigenvalue weighted by molar-refractivity contribution is 0.218. The van der Waals surface area contributed by atoms with Gasteiger partial charge in [-0.05, 0) is 55.2 Å². The van der Waals surface area contributed by atoms with E-state index in [0.717, 1.165) is 5.92 Å². The van der Waals surface area contributed by atoms with Gasteiger partial charge in [-0.1, -0.05) is 44.4 Å². The Morgan fingerprint density at radius 1 is 1.16 bits per heavy atom. The van der Waals surface area contributed by atoms with E-state index < -0.39 is 0 Å². The molecule has 2 rings (SSSR count). The molecule has 0 aliphatic heterocycles. The Hall–Kier alpha value is -0.860. The zero-order chi connectivity index (χ0) is 13.8. The van der Waals surface area contributed by atoms with Crippen LogP contribution in [0.25, 0.3) is 0 Å². The maximum absolute atomic E-state index is 5.89. The first-order chi connectivity index (χ1) is 9.17. The molecule has 1 saturated carbocycles. The van der Waals surface area contributed by atoms with Gasteiger partial charge in [-0.2, -0.15) is 0 Å². The zero-order valence-corrected chi connectivity index (χ0v) is 12.6. The van der Waals surface area contributed by atoms with Crippen molar-refractivity contribution < 1.29 is 0 Å². The average molecular weight is 260 g/mol. The van der Waals surface area contributed by atoms with Crippen molar-refractivity contribution in [1.29, 1.82) is 0 Å². The van der Waals surface area contributed by atoms with Gasteiger partial charge in [0.1, 0.15) is 0 Å². The first kappa shape index (κ1) is 14.5. The van der Waals surface area contributed by atoms with Crippen molar-refractivity contribution in [3.8, 4) is 0 Å². The zero-order valence-electron chi connectivity index (χ0n) is 12.6. The minimum absolute atomic E-state index is 0.319. The summed E-state index contributed by atoms with van der Waals surface area (Å²) in [7, 11) is 0. The van der Waals surface area contributed by atoms with Crippen molar-refractivity contribution in [2.45, 2.75) is 58.9 Å². The highest BCUT2D eigenvalue weighted by atomic mass is 15.2. The smallest absolute Gasteiger partial charge is 0.0493 e. The van der Waals surface area contributed by atoms with Gasteiger partial charge in [-0.25, -0.2) is 0 Å². The van der Waals surface area contributed by atoms with Crippen molar-refractivity contribution in [1.82, 2.24) is 5.43 Å². The van der Waals surface area contributed by atoms with E-state index in [4.69, 9.17) is 5.84 Å².